The van der Waals surface area contributed by atoms with E-state index in [1.807, 2.05) is 6.07 Å². The van der Waals surface area contributed by atoms with Crippen molar-refractivity contribution in [3.63, 3.8) is 0 Å². The van der Waals surface area contributed by atoms with Crippen molar-refractivity contribution in [2.75, 3.05) is 23.7 Å². The number of benzene rings is 1. The van der Waals surface area contributed by atoms with Gasteiger partial charge in [-0.2, -0.15) is 5.26 Å². The summed E-state index contributed by atoms with van der Waals surface area (Å²) < 4.78 is 51.7. The van der Waals surface area contributed by atoms with Crippen molar-refractivity contribution < 1.29 is 22.0 Å². The standard InChI is InChI=1S/C22H22F2N4O3S/c23-22(24)18-3-1-2-4-19(18)32(30,31)10-9-21(29)27-13-16-6-7-17(14-27)28(16)20-8-5-15(11-25)12-26-20/h1-5,8,12,16-17,22H,6-7,9-10,13-14H2. The molecule has 7 nitrogen and oxygen atoms in total. The zero-order chi connectivity index (χ0) is 22.9. The lowest BCUT2D eigenvalue weighted by Gasteiger charge is -2.41. The summed E-state index contributed by atoms with van der Waals surface area (Å²) >= 11 is 0. The first kappa shape index (κ1) is 22.1. The maximum absolute atomic E-state index is 13.2. The van der Waals surface area contributed by atoms with Gasteiger partial charge in [0.2, 0.25) is 5.91 Å². The van der Waals surface area contributed by atoms with E-state index in [0.29, 0.717) is 18.7 Å². The highest BCUT2D eigenvalue weighted by molar-refractivity contribution is 7.91. The van der Waals surface area contributed by atoms with Crippen LogP contribution in [0.3, 0.4) is 0 Å². The van der Waals surface area contributed by atoms with Crippen LogP contribution < -0.4 is 4.90 Å². The minimum atomic E-state index is -4.02. The summed E-state index contributed by atoms with van der Waals surface area (Å²) in [5.74, 6) is -0.0512. The van der Waals surface area contributed by atoms with Gasteiger partial charge in [0.25, 0.3) is 6.43 Å². The Morgan fingerprint density at radius 3 is 2.44 bits per heavy atom. The molecule has 2 aliphatic heterocycles. The molecule has 0 aliphatic carbocycles. The van der Waals surface area contributed by atoms with Crippen molar-refractivity contribution in [3.05, 3.63) is 53.7 Å². The van der Waals surface area contributed by atoms with Gasteiger partial charge in [-0.05, 0) is 31.0 Å². The molecule has 2 saturated heterocycles. The number of halogens is 2. The number of hydrogen-bond donors (Lipinski definition) is 0. The fraction of sp³-hybridized carbons (Fsp3) is 0.409. The van der Waals surface area contributed by atoms with Crippen LogP contribution >= 0.6 is 0 Å². The SMILES string of the molecule is N#Cc1ccc(N2C3CCC2CN(C(=O)CCS(=O)(=O)c2ccccc2C(F)F)C3)nc1. The number of carbonyl (C=O) groups is 1. The third-order valence-electron chi connectivity index (χ3n) is 6.05. The summed E-state index contributed by atoms with van der Waals surface area (Å²) in [7, 11) is -4.02. The molecule has 2 atom stereocenters. The quantitative estimate of drug-likeness (QED) is 0.658. The van der Waals surface area contributed by atoms with Gasteiger partial charge < -0.3 is 9.80 Å². The van der Waals surface area contributed by atoms with Gasteiger partial charge in [-0.1, -0.05) is 18.2 Å². The topological polar surface area (TPSA) is 94.4 Å². The number of alkyl halides is 2. The van der Waals surface area contributed by atoms with Gasteiger partial charge in [-0.15, -0.1) is 0 Å². The van der Waals surface area contributed by atoms with Crippen molar-refractivity contribution in [1.82, 2.24) is 9.88 Å². The van der Waals surface area contributed by atoms with Gasteiger partial charge >= 0.3 is 0 Å². The lowest BCUT2D eigenvalue weighted by Crippen LogP contribution is -2.55. The Morgan fingerprint density at radius 2 is 1.84 bits per heavy atom. The molecule has 10 heteroatoms. The van der Waals surface area contributed by atoms with Crippen LogP contribution in [0.5, 0.6) is 0 Å². The number of nitriles is 1. The average Bonchev–Trinajstić information content (AvgIpc) is 3.06. The predicted octanol–water partition coefficient (Wildman–Crippen LogP) is 2.93. The largest absolute Gasteiger partial charge is 0.347 e. The summed E-state index contributed by atoms with van der Waals surface area (Å²) in [5, 5.41) is 8.95. The summed E-state index contributed by atoms with van der Waals surface area (Å²) in [6.45, 7) is 0.898. The van der Waals surface area contributed by atoms with Crippen LogP contribution in [0.25, 0.3) is 0 Å². The van der Waals surface area contributed by atoms with Crippen LogP contribution in [0, 0.1) is 11.3 Å². The highest BCUT2D eigenvalue weighted by atomic mass is 32.2. The zero-order valence-corrected chi connectivity index (χ0v) is 18.0. The predicted molar refractivity (Wildman–Crippen MR) is 113 cm³/mol. The van der Waals surface area contributed by atoms with Crippen molar-refractivity contribution in [2.24, 2.45) is 0 Å². The van der Waals surface area contributed by atoms with E-state index in [1.54, 1.807) is 17.0 Å². The molecule has 3 heterocycles. The molecule has 2 aromatic rings. The molecule has 168 valence electrons. The van der Waals surface area contributed by atoms with E-state index in [4.69, 9.17) is 5.26 Å². The van der Waals surface area contributed by atoms with E-state index in [9.17, 15) is 22.0 Å². The maximum atomic E-state index is 13.2. The second-order valence-corrected chi connectivity index (χ2v) is 10.1. The van der Waals surface area contributed by atoms with E-state index < -0.39 is 32.5 Å². The average molecular weight is 461 g/mol. The Hall–Kier alpha value is -3.06. The lowest BCUT2D eigenvalue weighted by molar-refractivity contribution is -0.131. The molecule has 0 radical (unpaired) electrons. The molecule has 0 N–H and O–H groups in total. The number of fused-ring (bicyclic) bond motifs is 2. The van der Waals surface area contributed by atoms with E-state index in [1.165, 1.54) is 18.3 Å². The minimum Gasteiger partial charge on any atom is -0.347 e. The number of sulfone groups is 1. The molecular weight excluding hydrogens is 438 g/mol. The third kappa shape index (κ3) is 4.30. The molecule has 2 bridgehead atoms. The molecule has 2 aliphatic rings. The van der Waals surface area contributed by atoms with Crippen LogP contribution in [0.15, 0.2) is 47.5 Å². The first-order valence-electron chi connectivity index (χ1n) is 10.3. The molecule has 2 fully saturated rings. The monoisotopic (exact) mass is 460 g/mol. The van der Waals surface area contributed by atoms with Crippen molar-refractivity contribution in [3.8, 4) is 6.07 Å². The molecule has 1 aromatic heterocycles. The smallest absolute Gasteiger partial charge is 0.265 e. The molecule has 0 spiro atoms. The zero-order valence-electron chi connectivity index (χ0n) is 17.2. The number of hydrogen-bond acceptors (Lipinski definition) is 6. The molecular formula is C22H22F2N4O3S. The fourth-order valence-electron chi connectivity index (χ4n) is 4.52. The first-order chi connectivity index (χ1) is 15.3. The molecule has 1 amide bonds. The van der Waals surface area contributed by atoms with E-state index in [-0.39, 0.29) is 24.4 Å². The minimum absolute atomic E-state index is 0.0642. The lowest BCUT2D eigenvalue weighted by atomic mass is 10.1. The number of rotatable bonds is 6. The number of piperazine rings is 1. The number of carbonyl (C=O) groups excluding carboxylic acids is 1. The second-order valence-electron chi connectivity index (χ2n) is 8.02. The Balaban J connectivity index is 1.41. The van der Waals surface area contributed by atoms with Crippen LogP contribution in [-0.2, 0) is 14.6 Å². The first-order valence-corrected chi connectivity index (χ1v) is 12.0. The summed E-state index contributed by atoms with van der Waals surface area (Å²) in [6.07, 6.45) is 0.131. The number of amides is 1. The van der Waals surface area contributed by atoms with Gasteiger partial charge in [-0.25, -0.2) is 22.2 Å². The summed E-state index contributed by atoms with van der Waals surface area (Å²) in [4.78, 5) is 20.6. The Labute approximate surface area is 185 Å². The van der Waals surface area contributed by atoms with Crippen LogP contribution in [-0.4, -0.2) is 55.1 Å². The number of likely N-dealkylation sites (tertiary alicyclic amines) is 1. The maximum Gasteiger partial charge on any atom is 0.265 e. The highest BCUT2D eigenvalue weighted by Crippen LogP contribution is 2.34. The van der Waals surface area contributed by atoms with E-state index >= 15 is 0 Å². The van der Waals surface area contributed by atoms with E-state index in [0.717, 1.165) is 30.8 Å². The van der Waals surface area contributed by atoms with Crippen molar-refractivity contribution in [1.29, 1.82) is 5.26 Å². The van der Waals surface area contributed by atoms with Gasteiger partial charge in [-0.3, -0.25) is 4.79 Å². The van der Waals surface area contributed by atoms with E-state index in [2.05, 4.69) is 9.88 Å². The van der Waals surface area contributed by atoms with Crippen LogP contribution in [0.4, 0.5) is 14.6 Å². The van der Waals surface area contributed by atoms with Gasteiger partial charge in [0.1, 0.15) is 11.9 Å². The second kappa shape index (κ2) is 8.82. The number of aromatic nitrogens is 1. The normalized spacial score (nSPS) is 20.4. The van der Waals surface area contributed by atoms with Gasteiger partial charge in [0.05, 0.1) is 16.2 Å². The van der Waals surface area contributed by atoms with Gasteiger partial charge in [0.15, 0.2) is 9.84 Å². The number of pyridine rings is 1. The van der Waals surface area contributed by atoms with Crippen LogP contribution in [0.2, 0.25) is 0 Å². The van der Waals surface area contributed by atoms with Gasteiger partial charge in [0, 0.05) is 43.4 Å². The highest BCUT2D eigenvalue weighted by Gasteiger charge is 2.42. The molecule has 4 rings (SSSR count). The van der Waals surface area contributed by atoms with Crippen molar-refractivity contribution in [2.45, 2.75) is 42.7 Å². The molecule has 2 unspecified atom stereocenters. The Morgan fingerprint density at radius 1 is 1.16 bits per heavy atom. The Kier molecular flexibility index (Phi) is 6.11. The Bertz CT molecular complexity index is 1130. The fourth-order valence-corrected chi connectivity index (χ4v) is 5.98. The molecule has 0 saturated carbocycles. The third-order valence-corrected chi connectivity index (χ3v) is 7.83. The summed E-state index contributed by atoms with van der Waals surface area (Å²) in [6, 6.07) is 10.7. The molecule has 32 heavy (non-hydrogen) atoms. The van der Waals surface area contributed by atoms with Crippen LogP contribution in [0.1, 0.15) is 36.8 Å². The molecule has 1 aromatic carbocycles. The number of anilines is 1. The number of nitrogens with zero attached hydrogens (tertiary/aromatic N) is 4. The van der Waals surface area contributed by atoms with Crippen molar-refractivity contribution >= 4 is 21.6 Å². The summed E-state index contributed by atoms with van der Waals surface area (Å²) in [5.41, 5.74) is -0.0638.